The second-order valence-corrected chi connectivity index (χ2v) is 5.83. The van der Waals surface area contributed by atoms with E-state index in [0.29, 0.717) is 0 Å². The summed E-state index contributed by atoms with van der Waals surface area (Å²) < 4.78 is 27.4. The number of hydrogen-bond donors (Lipinski definition) is 1. The SMILES string of the molecule is C=CS(=O)(=O)N[C@@H]1CCCC[C@@H]1n1ccnn1. The Balaban J connectivity index is 2.16. The zero-order valence-electron chi connectivity index (χ0n) is 9.49. The summed E-state index contributed by atoms with van der Waals surface area (Å²) in [6, 6.07) is -0.0885. The van der Waals surface area contributed by atoms with Gasteiger partial charge in [-0.3, -0.25) is 0 Å². The number of nitrogens with one attached hydrogen (secondary N) is 1. The van der Waals surface area contributed by atoms with E-state index in [1.165, 1.54) is 0 Å². The molecule has 0 bridgehead atoms. The summed E-state index contributed by atoms with van der Waals surface area (Å²) in [5.41, 5.74) is 0. The van der Waals surface area contributed by atoms with Crippen LogP contribution in [-0.2, 0) is 10.0 Å². The van der Waals surface area contributed by atoms with Gasteiger partial charge in [0.05, 0.1) is 12.2 Å². The molecule has 0 spiro atoms. The zero-order chi connectivity index (χ0) is 12.3. The van der Waals surface area contributed by atoms with Gasteiger partial charge in [0.25, 0.3) is 0 Å². The number of nitrogens with zero attached hydrogens (tertiary/aromatic N) is 3. The standard InChI is InChI=1S/C10H16N4O2S/c1-2-17(15,16)12-9-5-3-4-6-10(9)14-8-7-11-13-14/h2,7-10,12H,1,3-6H2/t9-,10+/m1/s1. The molecule has 17 heavy (non-hydrogen) atoms. The van der Waals surface area contributed by atoms with Gasteiger partial charge < -0.3 is 0 Å². The van der Waals surface area contributed by atoms with E-state index in [4.69, 9.17) is 0 Å². The van der Waals surface area contributed by atoms with E-state index in [1.807, 2.05) is 0 Å². The van der Waals surface area contributed by atoms with Crippen LogP contribution in [0.25, 0.3) is 0 Å². The Bertz CT molecular complexity index is 469. The van der Waals surface area contributed by atoms with Crippen LogP contribution in [0, 0.1) is 0 Å². The molecule has 1 heterocycles. The van der Waals surface area contributed by atoms with E-state index in [0.717, 1.165) is 31.1 Å². The van der Waals surface area contributed by atoms with E-state index in [1.54, 1.807) is 17.1 Å². The average molecular weight is 256 g/mol. The minimum absolute atomic E-state index is 0.0426. The molecule has 0 aromatic carbocycles. The van der Waals surface area contributed by atoms with E-state index in [2.05, 4.69) is 21.6 Å². The summed E-state index contributed by atoms with van der Waals surface area (Å²) in [6.07, 6.45) is 7.20. The molecule has 1 fully saturated rings. The lowest BCUT2D eigenvalue weighted by Crippen LogP contribution is -2.42. The molecule has 1 saturated carbocycles. The second kappa shape index (κ2) is 4.97. The highest BCUT2D eigenvalue weighted by atomic mass is 32.2. The summed E-state index contributed by atoms with van der Waals surface area (Å²) >= 11 is 0. The first kappa shape index (κ1) is 12.3. The molecule has 0 amide bonds. The summed E-state index contributed by atoms with van der Waals surface area (Å²) in [7, 11) is -3.39. The van der Waals surface area contributed by atoms with E-state index in [9.17, 15) is 8.42 Å². The van der Waals surface area contributed by atoms with Crippen molar-refractivity contribution >= 4 is 10.0 Å². The van der Waals surface area contributed by atoms with Crippen LogP contribution in [0.2, 0.25) is 0 Å². The van der Waals surface area contributed by atoms with Gasteiger partial charge in [-0.25, -0.2) is 17.8 Å². The Labute approximate surface area is 101 Å². The van der Waals surface area contributed by atoms with Crippen molar-refractivity contribution in [3.63, 3.8) is 0 Å². The van der Waals surface area contributed by atoms with Crippen LogP contribution in [-0.4, -0.2) is 29.5 Å². The quantitative estimate of drug-likeness (QED) is 0.865. The highest BCUT2D eigenvalue weighted by Gasteiger charge is 2.29. The Hall–Kier alpha value is -1.21. The van der Waals surface area contributed by atoms with E-state index < -0.39 is 10.0 Å². The molecular formula is C10H16N4O2S. The largest absolute Gasteiger partial charge is 0.248 e. The maximum Gasteiger partial charge on any atom is 0.233 e. The smallest absolute Gasteiger partial charge is 0.233 e. The first-order chi connectivity index (χ1) is 8.12. The van der Waals surface area contributed by atoms with Crippen LogP contribution in [0.1, 0.15) is 31.7 Å². The van der Waals surface area contributed by atoms with Crippen molar-refractivity contribution in [1.82, 2.24) is 19.7 Å². The maximum absolute atomic E-state index is 11.5. The van der Waals surface area contributed by atoms with E-state index in [-0.39, 0.29) is 12.1 Å². The highest BCUT2D eigenvalue weighted by molar-refractivity contribution is 7.92. The highest BCUT2D eigenvalue weighted by Crippen LogP contribution is 2.28. The minimum atomic E-state index is -3.39. The van der Waals surface area contributed by atoms with Gasteiger partial charge in [0.15, 0.2) is 0 Å². The van der Waals surface area contributed by atoms with Gasteiger partial charge in [-0.15, -0.1) is 5.10 Å². The predicted octanol–water partition coefficient (Wildman–Crippen LogP) is 0.825. The molecule has 1 N–H and O–H groups in total. The number of aromatic nitrogens is 3. The van der Waals surface area contributed by atoms with Crippen molar-refractivity contribution in [3.05, 3.63) is 24.4 Å². The third-order valence-electron chi connectivity index (χ3n) is 3.05. The predicted molar refractivity (Wildman–Crippen MR) is 63.6 cm³/mol. The third kappa shape index (κ3) is 2.92. The van der Waals surface area contributed by atoms with Crippen molar-refractivity contribution in [1.29, 1.82) is 0 Å². The van der Waals surface area contributed by atoms with Crippen LogP contribution in [0.3, 0.4) is 0 Å². The Morgan fingerprint density at radius 3 is 2.82 bits per heavy atom. The van der Waals surface area contributed by atoms with Crippen LogP contribution in [0.15, 0.2) is 24.4 Å². The minimum Gasteiger partial charge on any atom is -0.248 e. The summed E-state index contributed by atoms with van der Waals surface area (Å²) in [6.45, 7) is 3.30. The third-order valence-corrected chi connectivity index (χ3v) is 4.12. The molecule has 1 aromatic heterocycles. The van der Waals surface area contributed by atoms with Crippen LogP contribution < -0.4 is 4.72 Å². The van der Waals surface area contributed by atoms with Gasteiger partial charge in [0.1, 0.15) is 0 Å². The zero-order valence-corrected chi connectivity index (χ0v) is 10.3. The Morgan fingerprint density at radius 2 is 2.18 bits per heavy atom. The lowest BCUT2D eigenvalue weighted by Gasteiger charge is -2.31. The number of hydrogen-bond acceptors (Lipinski definition) is 4. The first-order valence-electron chi connectivity index (χ1n) is 5.63. The number of sulfonamides is 1. The van der Waals surface area contributed by atoms with E-state index >= 15 is 0 Å². The van der Waals surface area contributed by atoms with Gasteiger partial charge in [0, 0.05) is 17.6 Å². The molecule has 0 saturated heterocycles. The lowest BCUT2D eigenvalue weighted by molar-refractivity contribution is 0.267. The topological polar surface area (TPSA) is 76.9 Å². The summed E-state index contributed by atoms with van der Waals surface area (Å²) in [5.74, 6) is 0. The van der Waals surface area contributed by atoms with Crippen molar-refractivity contribution in [2.45, 2.75) is 37.8 Å². The van der Waals surface area contributed by atoms with Crippen molar-refractivity contribution < 1.29 is 8.42 Å². The normalized spacial score (nSPS) is 25.6. The van der Waals surface area contributed by atoms with Gasteiger partial charge in [-0.2, -0.15) is 0 Å². The molecule has 2 rings (SSSR count). The fourth-order valence-corrected chi connectivity index (χ4v) is 3.01. The summed E-state index contributed by atoms with van der Waals surface area (Å²) in [5, 5.41) is 8.66. The van der Waals surface area contributed by atoms with Gasteiger partial charge in [-0.05, 0) is 12.8 Å². The van der Waals surface area contributed by atoms with Crippen LogP contribution in [0.5, 0.6) is 0 Å². The second-order valence-electron chi connectivity index (χ2n) is 4.17. The molecule has 2 atom stereocenters. The van der Waals surface area contributed by atoms with Crippen LogP contribution in [0.4, 0.5) is 0 Å². The van der Waals surface area contributed by atoms with Gasteiger partial charge in [0.2, 0.25) is 10.0 Å². The molecular weight excluding hydrogens is 240 g/mol. The first-order valence-corrected chi connectivity index (χ1v) is 7.17. The van der Waals surface area contributed by atoms with Crippen molar-refractivity contribution in [2.75, 3.05) is 0 Å². The fourth-order valence-electron chi connectivity index (χ4n) is 2.22. The molecule has 0 radical (unpaired) electrons. The average Bonchev–Trinajstić information content (AvgIpc) is 2.83. The molecule has 1 aliphatic carbocycles. The maximum atomic E-state index is 11.5. The fraction of sp³-hybridized carbons (Fsp3) is 0.600. The molecule has 6 nitrogen and oxygen atoms in total. The van der Waals surface area contributed by atoms with Crippen LogP contribution >= 0.6 is 0 Å². The monoisotopic (exact) mass is 256 g/mol. The molecule has 0 aliphatic heterocycles. The molecule has 1 aromatic rings. The molecule has 0 unspecified atom stereocenters. The molecule has 1 aliphatic rings. The summed E-state index contributed by atoms with van der Waals surface area (Å²) in [4.78, 5) is 0. The van der Waals surface area contributed by atoms with Gasteiger partial charge in [-0.1, -0.05) is 24.6 Å². The van der Waals surface area contributed by atoms with Crippen molar-refractivity contribution in [3.8, 4) is 0 Å². The number of rotatable bonds is 4. The Morgan fingerprint density at radius 1 is 1.41 bits per heavy atom. The van der Waals surface area contributed by atoms with Gasteiger partial charge >= 0.3 is 0 Å². The molecule has 7 heteroatoms. The Kier molecular flexibility index (Phi) is 3.58. The lowest BCUT2D eigenvalue weighted by atomic mass is 9.91. The molecule has 94 valence electrons. The van der Waals surface area contributed by atoms with Crippen molar-refractivity contribution in [2.24, 2.45) is 0 Å².